The summed E-state index contributed by atoms with van der Waals surface area (Å²) >= 11 is 0. The number of urea groups is 1. The number of ether oxygens (including phenoxy) is 2. The fraction of sp³-hybridized carbons (Fsp3) is 0.462. The monoisotopic (exact) mass is 284 g/mol. The van der Waals surface area contributed by atoms with E-state index in [4.69, 9.17) is 15.2 Å². The van der Waals surface area contributed by atoms with Crippen LogP contribution in [0.2, 0.25) is 0 Å². The Hall–Kier alpha value is -2.31. The van der Waals surface area contributed by atoms with Gasteiger partial charge in [-0.25, -0.2) is 9.59 Å². The first kappa shape index (κ1) is 17.7. The molecule has 0 aromatic rings. The molecule has 2 amide bonds. The van der Waals surface area contributed by atoms with Crippen molar-refractivity contribution < 1.29 is 23.9 Å². The highest BCUT2D eigenvalue weighted by atomic mass is 16.5. The van der Waals surface area contributed by atoms with Crippen LogP contribution in [-0.4, -0.2) is 42.6 Å². The Bertz CT molecular complexity index is 417. The molecule has 112 valence electrons. The molecular weight excluding hydrogens is 264 g/mol. The van der Waals surface area contributed by atoms with Crippen molar-refractivity contribution in [2.24, 2.45) is 5.73 Å². The van der Waals surface area contributed by atoms with Crippen molar-refractivity contribution in [2.75, 3.05) is 19.7 Å². The number of carbonyl (C=O) groups excluding carboxylic acids is 3. The van der Waals surface area contributed by atoms with Gasteiger partial charge >= 0.3 is 18.0 Å². The van der Waals surface area contributed by atoms with E-state index in [2.05, 4.69) is 13.2 Å². The lowest BCUT2D eigenvalue weighted by Crippen LogP contribution is -2.39. The van der Waals surface area contributed by atoms with E-state index in [1.54, 1.807) is 6.92 Å². The van der Waals surface area contributed by atoms with Crippen LogP contribution >= 0.6 is 0 Å². The molecule has 0 aliphatic rings. The zero-order chi connectivity index (χ0) is 15.7. The van der Waals surface area contributed by atoms with Crippen molar-refractivity contribution in [2.45, 2.75) is 20.3 Å². The van der Waals surface area contributed by atoms with Crippen LogP contribution in [0.3, 0.4) is 0 Å². The maximum atomic E-state index is 11.3. The summed E-state index contributed by atoms with van der Waals surface area (Å²) in [4.78, 5) is 34.8. The highest BCUT2D eigenvalue weighted by molar-refractivity contribution is 5.86. The number of nitrogens with zero attached hydrogens (tertiary/aromatic N) is 1. The molecule has 7 nitrogen and oxygen atoms in total. The van der Waals surface area contributed by atoms with Crippen molar-refractivity contribution in [3.05, 3.63) is 24.5 Å². The molecule has 0 bridgehead atoms. The SMILES string of the molecule is C=C(C)OC(=O)CCN(CCOC(=O)C(=C)C)C(N)=O. The number of nitrogens with two attached hydrogens (primary N) is 1. The van der Waals surface area contributed by atoms with E-state index in [0.717, 1.165) is 0 Å². The molecule has 0 aliphatic carbocycles. The average Bonchev–Trinajstić information content (AvgIpc) is 2.31. The predicted molar refractivity (Wildman–Crippen MR) is 72.5 cm³/mol. The Kier molecular flexibility index (Phi) is 7.72. The summed E-state index contributed by atoms with van der Waals surface area (Å²) in [7, 11) is 0. The van der Waals surface area contributed by atoms with Crippen LogP contribution < -0.4 is 5.73 Å². The second-order valence-corrected chi connectivity index (χ2v) is 4.17. The second-order valence-electron chi connectivity index (χ2n) is 4.17. The highest BCUT2D eigenvalue weighted by Crippen LogP contribution is 1.99. The molecule has 7 heteroatoms. The molecular formula is C13H20N2O5. The maximum absolute atomic E-state index is 11.3. The number of rotatable bonds is 8. The summed E-state index contributed by atoms with van der Waals surface area (Å²) in [6, 6.07) is -0.709. The predicted octanol–water partition coefficient (Wildman–Crippen LogP) is 0.953. The van der Waals surface area contributed by atoms with Crippen molar-refractivity contribution in [1.29, 1.82) is 0 Å². The lowest BCUT2D eigenvalue weighted by Gasteiger charge is -2.19. The Morgan fingerprint density at radius 1 is 1.15 bits per heavy atom. The molecule has 0 spiro atoms. The van der Waals surface area contributed by atoms with Crippen LogP contribution in [0.4, 0.5) is 4.79 Å². The number of carbonyl (C=O) groups is 3. The fourth-order valence-corrected chi connectivity index (χ4v) is 1.18. The van der Waals surface area contributed by atoms with Crippen LogP contribution in [0.1, 0.15) is 20.3 Å². The summed E-state index contributed by atoms with van der Waals surface area (Å²) in [6.07, 6.45) is -0.0236. The first-order valence-electron chi connectivity index (χ1n) is 5.97. The van der Waals surface area contributed by atoms with Gasteiger partial charge < -0.3 is 20.1 Å². The zero-order valence-electron chi connectivity index (χ0n) is 11.8. The smallest absolute Gasteiger partial charge is 0.333 e. The lowest BCUT2D eigenvalue weighted by atomic mass is 10.3. The number of esters is 2. The number of amides is 2. The molecule has 0 aliphatic heterocycles. The van der Waals surface area contributed by atoms with Gasteiger partial charge in [-0.05, 0) is 13.8 Å². The lowest BCUT2D eigenvalue weighted by molar-refractivity contribution is -0.141. The molecule has 0 saturated carbocycles. The normalized spacial score (nSPS) is 9.50. The molecule has 0 radical (unpaired) electrons. The van der Waals surface area contributed by atoms with Gasteiger partial charge in [-0.3, -0.25) is 4.79 Å². The minimum absolute atomic E-state index is 0.0236. The van der Waals surface area contributed by atoms with Crippen molar-refractivity contribution in [3.63, 3.8) is 0 Å². The third-order valence-corrected chi connectivity index (χ3v) is 2.13. The summed E-state index contributed by atoms with van der Waals surface area (Å²) in [5.74, 6) is -0.783. The van der Waals surface area contributed by atoms with Gasteiger partial charge in [0.25, 0.3) is 0 Å². The quantitative estimate of drug-likeness (QED) is 0.406. The molecule has 20 heavy (non-hydrogen) atoms. The maximum Gasteiger partial charge on any atom is 0.333 e. The van der Waals surface area contributed by atoms with Crippen LogP contribution in [0.25, 0.3) is 0 Å². The topological polar surface area (TPSA) is 98.9 Å². The van der Waals surface area contributed by atoms with Crippen molar-refractivity contribution >= 4 is 18.0 Å². The summed E-state index contributed by atoms with van der Waals surface area (Å²) in [5.41, 5.74) is 5.42. The number of primary amides is 1. The van der Waals surface area contributed by atoms with Crippen LogP contribution in [0.5, 0.6) is 0 Å². The number of hydrogen-bond donors (Lipinski definition) is 1. The van der Waals surface area contributed by atoms with E-state index in [1.165, 1.54) is 11.8 Å². The van der Waals surface area contributed by atoms with Gasteiger partial charge in [-0.1, -0.05) is 13.2 Å². The van der Waals surface area contributed by atoms with E-state index in [9.17, 15) is 14.4 Å². The summed E-state index contributed by atoms with van der Waals surface area (Å²) in [6.45, 7) is 10.1. The van der Waals surface area contributed by atoms with Gasteiger partial charge in [-0.15, -0.1) is 0 Å². The zero-order valence-corrected chi connectivity index (χ0v) is 11.8. The molecule has 0 aromatic carbocycles. The molecule has 0 fully saturated rings. The van der Waals surface area contributed by atoms with Crippen LogP contribution in [0.15, 0.2) is 24.5 Å². The van der Waals surface area contributed by atoms with Crippen LogP contribution in [0, 0.1) is 0 Å². The fourth-order valence-electron chi connectivity index (χ4n) is 1.18. The van der Waals surface area contributed by atoms with E-state index < -0.39 is 18.0 Å². The van der Waals surface area contributed by atoms with E-state index in [1.807, 2.05) is 0 Å². The largest absolute Gasteiger partial charge is 0.460 e. The van der Waals surface area contributed by atoms with Gasteiger partial charge in [-0.2, -0.15) is 0 Å². The third kappa shape index (κ3) is 7.91. The van der Waals surface area contributed by atoms with Gasteiger partial charge in [0.2, 0.25) is 0 Å². The summed E-state index contributed by atoms with van der Waals surface area (Å²) in [5, 5.41) is 0. The molecule has 0 saturated heterocycles. The molecule has 2 N–H and O–H groups in total. The molecule has 0 atom stereocenters. The molecule has 0 aromatic heterocycles. The average molecular weight is 284 g/mol. The van der Waals surface area contributed by atoms with Crippen molar-refractivity contribution in [3.8, 4) is 0 Å². The van der Waals surface area contributed by atoms with E-state index in [-0.39, 0.29) is 37.4 Å². The third-order valence-electron chi connectivity index (χ3n) is 2.13. The molecule has 0 heterocycles. The van der Waals surface area contributed by atoms with Gasteiger partial charge in [0.05, 0.1) is 18.7 Å². The van der Waals surface area contributed by atoms with Crippen molar-refractivity contribution in [1.82, 2.24) is 4.90 Å². The van der Waals surface area contributed by atoms with Gasteiger partial charge in [0, 0.05) is 12.1 Å². The Labute approximate surface area is 118 Å². The Balaban J connectivity index is 4.15. The van der Waals surface area contributed by atoms with E-state index in [0.29, 0.717) is 0 Å². The number of hydrogen-bond acceptors (Lipinski definition) is 5. The van der Waals surface area contributed by atoms with E-state index >= 15 is 0 Å². The standard InChI is InChI=1S/C13H20N2O5/c1-9(2)12(17)19-8-7-15(13(14)18)6-5-11(16)20-10(3)4/h1,3,5-8H2,2,4H3,(H2,14,18). The van der Waals surface area contributed by atoms with Gasteiger partial charge in [0.1, 0.15) is 6.61 Å². The van der Waals surface area contributed by atoms with Crippen LogP contribution in [-0.2, 0) is 19.1 Å². The Morgan fingerprint density at radius 2 is 1.75 bits per heavy atom. The highest BCUT2D eigenvalue weighted by Gasteiger charge is 2.14. The Morgan fingerprint density at radius 3 is 2.20 bits per heavy atom. The first-order valence-corrected chi connectivity index (χ1v) is 5.97. The number of allylic oxidation sites excluding steroid dienone is 1. The minimum atomic E-state index is -0.709. The molecule has 0 rings (SSSR count). The first-order chi connectivity index (χ1) is 9.23. The second kappa shape index (κ2) is 8.73. The minimum Gasteiger partial charge on any atom is -0.460 e. The van der Waals surface area contributed by atoms with Gasteiger partial charge in [0.15, 0.2) is 0 Å². The molecule has 0 unspecified atom stereocenters. The summed E-state index contributed by atoms with van der Waals surface area (Å²) < 4.78 is 9.58.